The van der Waals surface area contributed by atoms with Crippen LogP contribution >= 0.6 is 0 Å². The van der Waals surface area contributed by atoms with E-state index in [1.807, 2.05) is 0 Å². The van der Waals surface area contributed by atoms with Gasteiger partial charge in [-0.05, 0) is 24.3 Å². The van der Waals surface area contributed by atoms with Crippen molar-refractivity contribution in [2.75, 3.05) is 38.4 Å². The van der Waals surface area contributed by atoms with E-state index >= 15 is 0 Å². The Morgan fingerprint density at radius 3 is 2.21 bits per heavy atom. The minimum absolute atomic E-state index is 0.121. The Morgan fingerprint density at radius 1 is 1.00 bits per heavy atom. The molecule has 1 aromatic carbocycles. The van der Waals surface area contributed by atoms with Crippen molar-refractivity contribution < 1.29 is 17.9 Å². The van der Waals surface area contributed by atoms with Gasteiger partial charge in [0.05, 0.1) is 19.9 Å². The fourth-order valence-corrected chi connectivity index (χ4v) is 2.27. The number of hydrogen-bond donors (Lipinski definition) is 2. The predicted molar refractivity (Wildman–Crippen MR) is 91.1 cm³/mol. The summed E-state index contributed by atoms with van der Waals surface area (Å²) in [4.78, 5) is 0. The Balaban J connectivity index is 2.15. The monoisotopic (exact) mass is 353 g/mol. The zero-order chi connectivity index (χ0) is 17.7. The fraction of sp³-hybridized carbons (Fsp3) is 0.286. The lowest BCUT2D eigenvalue weighted by Gasteiger charge is -2.13. The molecule has 0 aliphatic rings. The molecule has 130 valence electrons. The summed E-state index contributed by atoms with van der Waals surface area (Å²) in [5.41, 5.74) is 0.675. The van der Waals surface area contributed by atoms with Crippen LogP contribution in [0, 0.1) is 0 Å². The number of hydrogen-bond acceptors (Lipinski definition) is 7. The molecule has 0 saturated carbocycles. The molecule has 1 aromatic heterocycles. The SMILES string of the molecule is COc1ccc(Nc2ccc(NS(=O)(=O)N(C)C)nn2)c(OC)c1. The first kappa shape index (κ1) is 17.8. The van der Waals surface area contributed by atoms with Crippen molar-refractivity contribution in [3.63, 3.8) is 0 Å². The Kier molecular flexibility index (Phi) is 5.42. The quantitative estimate of drug-likeness (QED) is 0.776. The molecule has 0 fully saturated rings. The first-order valence-corrected chi connectivity index (χ1v) is 8.33. The number of nitrogens with one attached hydrogen (secondary N) is 2. The van der Waals surface area contributed by atoms with Crippen molar-refractivity contribution in [3.8, 4) is 11.5 Å². The molecule has 0 aliphatic carbocycles. The highest BCUT2D eigenvalue weighted by Crippen LogP contribution is 2.30. The summed E-state index contributed by atoms with van der Waals surface area (Å²) in [5, 5.41) is 10.8. The van der Waals surface area contributed by atoms with Gasteiger partial charge in [-0.1, -0.05) is 0 Å². The maximum absolute atomic E-state index is 11.7. The van der Waals surface area contributed by atoms with Gasteiger partial charge in [-0.2, -0.15) is 12.7 Å². The molecule has 2 aromatic rings. The maximum atomic E-state index is 11.7. The van der Waals surface area contributed by atoms with Crippen molar-refractivity contribution in [2.45, 2.75) is 0 Å². The molecule has 0 saturated heterocycles. The summed E-state index contributed by atoms with van der Waals surface area (Å²) in [6.07, 6.45) is 0. The standard InChI is InChI=1S/C14H19N5O4S/c1-19(2)24(20,21)18-14-8-7-13(16-17-14)15-11-6-5-10(22-3)9-12(11)23-4/h5-9H,1-4H3,(H,15,16)(H,17,18). The van der Waals surface area contributed by atoms with Crippen LogP contribution in [0.1, 0.15) is 0 Å². The Hall–Kier alpha value is -2.59. The zero-order valence-corrected chi connectivity index (χ0v) is 14.6. The van der Waals surface area contributed by atoms with Gasteiger partial charge in [-0.3, -0.25) is 4.72 Å². The molecule has 2 N–H and O–H groups in total. The van der Waals surface area contributed by atoms with Crippen LogP contribution in [0.15, 0.2) is 30.3 Å². The molecular formula is C14H19N5O4S. The molecule has 0 unspecified atom stereocenters. The van der Waals surface area contributed by atoms with Crippen LogP contribution in [-0.2, 0) is 10.2 Å². The number of rotatable bonds is 7. The van der Waals surface area contributed by atoms with E-state index in [-0.39, 0.29) is 5.82 Å². The molecule has 0 amide bonds. The highest BCUT2D eigenvalue weighted by atomic mass is 32.2. The minimum atomic E-state index is -3.61. The molecule has 0 aliphatic heterocycles. The van der Waals surface area contributed by atoms with Gasteiger partial charge < -0.3 is 14.8 Å². The van der Waals surface area contributed by atoms with Crippen molar-refractivity contribution in [2.24, 2.45) is 0 Å². The molecule has 0 bridgehead atoms. The molecule has 1 heterocycles. The highest BCUT2D eigenvalue weighted by Gasteiger charge is 2.14. The van der Waals surface area contributed by atoms with Crippen LogP contribution in [0.4, 0.5) is 17.3 Å². The molecular weight excluding hydrogens is 334 g/mol. The van der Waals surface area contributed by atoms with E-state index in [0.717, 1.165) is 4.31 Å². The van der Waals surface area contributed by atoms with Crippen molar-refractivity contribution in [1.29, 1.82) is 0 Å². The average molecular weight is 353 g/mol. The van der Waals surface area contributed by atoms with Gasteiger partial charge in [0.1, 0.15) is 11.5 Å². The van der Waals surface area contributed by atoms with Gasteiger partial charge >= 0.3 is 10.2 Å². The summed E-state index contributed by atoms with van der Waals surface area (Å²) in [5.74, 6) is 1.80. The fourth-order valence-electron chi connectivity index (χ4n) is 1.72. The first-order valence-electron chi connectivity index (χ1n) is 6.89. The van der Waals surface area contributed by atoms with E-state index in [9.17, 15) is 8.42 Å². The number of aromatic nitrogens is 2. The van der Waals surface area contributed by atoms with Crippen LogP contribution in [0.5, 0.6) is 11.5 Å². The second-order valence-electron chi connectivity index (χ2n) is 4.88. The molecule has 10 heteroatoms. The largest absolute Gasteiger partial charge is 0.497 e. The van der Waals surface area contributed by atoms with E-state index in [1.165, 1.54) is 20.2 Å². The highest BCUT2D eigenvalue weighted by molar-refractivity contribution is 7.90. The Bertz CT molecular complexity index is 793. The third-order valence-corrected chi connectivity index (χ3v) is 4.48. The van der Waals surface area contributed by atoms with E-state index in [2.05, 4.69) is 20.2 Å². The lowest BCUT2D eigenvalue weighted by Crippen LogP contribution is -2.29. The summed E-state index contributed by atoms with van der Waals surface area (Å²) in [7, 11) is 2.34. The van der Waals surface area contributed by atoms with E-state index in [1.54, 1.807) is 38.5 Å². The van der Waals surface area contributed by atoms with E-state index < -0.39 is 10.2 Å². The summed E-state index contributed by atoms with van der Waals surface area (Å²) in [6.45, 7) is 0. The number of benzene rings is 1. The minimum Gasteiger partial charge on any atom is -0.497 e. The summed E-state index contributed by atoms with van der Waals surface area (Å²) >= 11 is 0. The van der Waals surface area contributed by atoms with Gasteiger partial charge in [0.15, 0.2) is 11.6 Å². The molecule has 9 nitrogen and oxygen atoms in total. The Morgan fingerprint density at radius 2 is 1.67 bits per heavy atom. The lowest BCUT2D eigenvalue weighted by molar-refractivity contribution is 0.395. The smallest absolute Gasteiger partial charge is 0.302 e. The van der Waals surface area contributed by atoms with E-state index in [0.29, 0.717) is 23.0 Å². The molecule has 2 rings (SSSR count). The van der Waals surface area contributed by atoms with Crippen molar-refractivity contribution in [1.82, 2.24) is 14.5 Å². The third kappa shape index (κ3) is 4.24. The molecule has 24 heavy (non-hydrogen) atoms. The van der Waals surface area contributed by atoms with Crippen LogP contribution in [0.25, 0.3) is 0 Å². The first-order chi connectivity index (χ1) is 11.4. The van der Waals surface area contributed by atoms with Crippen molar-refractivity contribution in [3.05, 3.63) is 30.3 Å². The summed E-state index contributed by atoms with van der Waals surface area (Å²) < 4.78 is 37.2. The normalized spacial score (nSPS) is 11.2. The molecule has 0 radical (unpaired) electrons. The maximum Gasteiger partial charge on any atom is 0.302 e. The van der Waals surface area contributed by atoms with Crippen LogP contribution in [0.3, 0.4) is 0 Å². The summed E-state index contributed by atoms with van der Waals surface area (Å²) in [6, 6.07) is 8.39. The van der Waals surface area contributed by atoms with Crippen LogP contribution in [0.2, 0.25) is 0 Å². The second kappa shape index (κ2) is 7.32. The topological polar surface area (TPSA) is 106 Å². The second-order valence-corrected chi connectivity index (χ2v) is 6.77. The van der Waals surface area contributed by atoms with Gasteiger partial charge in [0, 0.05) is 20.2 Å². The average Bonchev–Trinajstić information content (AvgIpc) is 2.56. The van der Waals surface area contributed by atoms with Gasteiger partial charge in [0.2, 0.25) is 0 Å². The van der Waals surface area contributed by atoms with Gasteiger partial charge in [-0.25, -0.2) is 0 Å². The molecule has 0 atom stereocenters. The third-order valence-electron chi connectivity index (χ3n) is 3.05. The number of methoxy groups -OCH3 is 2. The van der Waals surface area contributed by atoms with Crippen LogP contribution in [-0.4, -0.2) is 51.2 Å². The Labute approximate surface area is 140 Å². The zero-order valence-electron chi connectivity index (χ0n) is 13.8. The van der Waals surface area contributed by atoms with E-state index in [4.69, 9.17) is 9.47 Å². The van der Waals surface area contributed by atoms with Gasteiger partial charge in [0.25, 0.3) is 0 Å². The van der Waals surface area contributed by atoms with Crippen LogP contribution < -0.4 is 19.5 Å². The number of nitrogens with zero attached hydrogens (tertiary/aromatic N) is 3. The van der Waals surface area contributed by atoms with Gasteiger partial charge in [-0.15, -0.1) is 10.2 Å². The molecule has 0 spiro atoms. The lowest BCUT2D eigenvalue weighted by atomic mass is 10.2. The number of anilines is 3. The number of ether oxygens (including phenoxy) is 2. The predicted octanol–water partition coefficient (Wildman–Crippen LogP) is 1.46. The van der Waals surface area contributed by atoms with Crippen molar-refractivity contribution >= 4 is 27.5 Å².